The number of carbonyl (C=O) groups is 2. The Balaban J connectivity index is 1.13. The van der Waals surface area contributed by atoms with Gasteiger partial charge in [-0.25, -0.2) is 9.97 Å². The number of aliphatic hydroxyl groups is 1. The van der Waals surface area contributed by atoms with Gasteiger partial charge < -0.3 is 14.6 Å². The van der Waals surface area contributed by atoms with E-state index in [1.165, 1.54) is 42.4 Å². The zero-order chi connectivity index (χ0) is 29.6. The van der Waals surface area contributed by atoms with Crippen LogP contribution in [0.3, 0.4) is 0 Å². The molecule has 6 aliphatic rings. The summed E-state index contributed by atoms with van der Waals surface area (Å²) in [5.74, 6) is 1.06. The van der Waals surface area contributed by atoms with E-state index in [1.54, 1.807) is 18.3 Å². The molecule has 6 unspecified atom stereocenters. The molecule has 2 aromatic rings. The van der Waals surface area contributed by atoms with E-state index < -0.39 is 17.1 Å². The number of thioether (sulfide) groups is 1. The normalized spacial score (nSPS) is 42.3. The van der Waals surface area contributed by atoms with Crippen molar-refractivity contribution in [2.24, 2.45) is 34.5 Å². The van der Waals surface area contributed by atoms with Crippen molar-refractivity contribution < 1.29 is 24.2 Å². The Morgan fingerprint density at radius 1 is 1.21 bits per heavy atom. The minimum atomic E-state index is -1.09. The number of rotatable bonds is 5. The molecule has 1 saturated heterocycles. The second-order valence-corrected chi connectivity index (χ2v) is 16.4. The number of nitrogens with zero attached hydrogens (tertiary/aromatic N) is 2. The van der Waals surface area contributed by atoms with Gasteiger partial charge in [-0.1, -0.05) is 67.9 Å². The van der Waals surface area contributed by atoms with E-state index in [0.717, 1.165) is 52.4 Å². The van der Waals surface area contributed by atoms with Crippen LogP contribution in [-0.4, -0.2) is 56.5 Å². The molecule has 228 valence electrons. The summed E-state index contributed by atoms with van der Waals surface area (Å²) in [4.78, 5) is 37.0. The largest absolute Gasteiger partial charge is 0.393 e. The zero-order valence-corrected chi connectivity index (χ0v) is 26.5. The molecule has 8 rings (SSSR count). The van der Waals surface area contributed by atoms with Gasteiger partial charge in [-0.15, -0.1) is 0 Å². The topological polar surface area (TPSA) is 98.6 Å². The Morgan fingerprint density at radius 2 is 2.05 bits per heavy atom. The maximum atomic E-state index is 14.7. The molecule has 4 saturated carbocycles. The van der Waals surface area contributed by atoms with Crippen LogP contribution in [0.1, 0.15) is 71.6 Å². The number of thiazole rings is 1. The van der Waals surface area contributed by atoms with Crippen LogP contribution in [0.4, 0.5) is 0 Å². The van der Waals surface area contributed by atoms with Gasteiger partial charge in [0.25, 0.3) is 0 Å². The van der Waals surface area contributed by atoms with Gasteiger partial charge in [0.2, 0.25) is 0 Å². The fraction of sp³-hybridized carbons (Fsp3) is 0.647. The molecule has 0 amide bonds. The number of pyridine rings is 1. The number of Topliss-reactive ketones (excluding diaryl/α,β-unsaturated/α-hetero) is 1. The summed E-state index contributed by atoms with van der Waals surface area (Å²) in [6.07, 6.45) is 14.7. The summed E-state index contributed by atoms with van der Waals surface area (Å²) in [5.41, 5.74) is -0.0125. The Morgan fingerprint density at radius 3 is 2.86 bits per heavy atom. The Bertz CT molecular complexity index is 1500. The fourth-order valence-corrected chi connectivity index (χ4v) is 12.2. The van der Waals surface area contributed by atoms with Crippen molar-refractivity contribution in [2.75, 3.05) is 5.75 Å². The number of ketones is 2. The standard InChI is InChI=1S/C34H40N2O5S2/c1-32-13-12-21(37)15-20(32)10-11-22-23-16-27-34(33(23,2)17-25(38)28(22)32,41-30(40-27)19-7-4-3-5-8-19)26(39)18-42-31-36-24-9-6-14-35-29(24)43-31/h6,9,12-15,19,22-23,25,27-28,30,38H,3-5,7-8,10-11,16-18H2,1-2H3/t22?,23?,25?,27-,28?,30-,32?,33?,34-/m1/s1. The van der Waals surface area contributed by atoms with Crippen molar-refractivity contribution in [2.45, 2.75) is 100 Å². The number of aliphatic hydroxyl groups excluding tert-OH is 1. The molecule has 7 nitrogen and oxygen atoms in total. The van der Waals surface area contributed by atoms with Crippen LogP contribution in [0.15, 0.2) is 46.5 Å². The fourth-order valence-electron chi connectivity index (χ4n) is 10.3. The second-order valence-electron chi connectivity index (χ2n) is 14.2. The summed E-state index contributed by atoms with van der Waals surface area (Å²) in [5, 5.41) is 12.0. The first-order valence-electron chi connectivity index (χ1n) is 16.1. The van der Waals surface area contributed by atoms with Gasteiger partial charge >= 0.3 is 0 Å². The first-order chi connectivity index (χ1) is 20.7. The lowest BCUT2D eigenvalue weighted by atomic mass is 9.46. The van der Waals surface area contributed by atoms with Crippen LogP contribution in [0, 0.1) is 34.5 Å². The van der Waals surface area contributed by atoms with Crippen molar-refractivity contribution in [1.29, 1.82) is 0 Å². The van der Waals surface area contributed by atoms with Gasteiger partial charge in [0.15, 0.2) is 27.8 Å². The quantitative estimate of drug-likeness (QED) is 0.389. The van der Waals surface area contributed by atoms with Crippen molar-refractivity contribution in [3.63, 3.8) is 0 Å². The smallest absolute Gasteiger partial charge is 0.178 e. The average molecular weight is 621 g/mol. The van der Waals surface area contributed by atoms with Crippen molar-refractivity contribution in [3.05, 3.63) is 42.1 Å². The Labute approximate surface area is 260 Å². The summed E-state index contributed by atoms with van der Waals surface area (Å²) < 4.78 is 14.7. The van der Waals surface area contributed by atoms with E-state index in [0.29, 0.717) is 12.3 Å². The van der Waals surface area contributed by atoms with Gasteiger partial charge in [0, 0.05) is 28.9 Å². The molecule has 0 radical (unpaired) electrons. The van der Waals surface area contributed by atoms with Gasteiger partial charge in [-0.3, -0.25) is 9.59 Å². The lowest BCUT2D eigenvalue weighted by Gasteiger charge is -2.59. The lowest BCUT2D eigenvalue weighted by Crippen LogP contribution is -2.63. The monoisotopic (exact) mass is 620 g/mol. The zero-order valence-electron chi connectivity index (χ0n) is 24.9. The maximum Gasteiger partial charge on any atom is 0.178 e. The number of hydrogen-bond donors (Lipinski definition) is 1. The molecule has 2 aromatic heterocycles. The average Bonchev–Trinajstić information content (AvgIpc) is 3.66. The third-order valence-electron chi connectivity index (χ3n) is 12.2. The third-order valence-corrected chi connectivity index (χ3v) is 14.3. The molecule has 0 spiro atoms. The first-order valence-corrected chi connectivity index (χ1v) is 17.9. The lowest BCUT2D eigenvalue weighted by molar-refractivity contribution is -0.207. The molecular weight excluding hydrogens is 581 g/mol. The van der Waals surface area contributed by atoms with E-state index >= 15 is 0 Å². The Hall–Kier alpha value is -1.91. The van der Waals surface area contributed by atoms with E-state index in [4.69, 9.17) is 14.5 Å². The molecule has 0 aromatic carbocycles. The third kappa shape index (κ3) is 4.17. The summed E-state index contributed by atoms with van der Waals surface area (Å²) in [6.45, 7) is 4.40. The Kier molecular flexibility index (Phi) is 6.85. The predicted molar refractivity (Wildman–Crippen MR) is 166 cm³/mol. The molecule has 9 atom stereocenters. The van der Waals surface area contributed by atoms with Crippen molar-refractivity contribution >= 4 is 45.0 Å². The molecule has 5 fully saturated rings. The highest BCUT2D eigenvalue weighted by molar-refractivity contribution is 8.01. The van der Waals surface area contributed by atoms with E-state index in [1.807, 2.05) is 18.2 Å². The van der Waals surface area contributed by atoms with Crippen molar-refractivity contribution in [1.82, 2.24) is 9.97 Å². The molecule has 1 N–H and O–H groups in total. The number of allylic oxidation sites excluding steroid dienone is 4. The van der Waals surface area contributed by atoms with Gasteiger partial charge in [0.1, 0.15) is 10.3 Å². The highest BCUT2D eigenvalue weighted by Crippen LogP contribution is 2.70. The van der Waals surface area contributed by atoms with Crippen LogP contribution in [-0.2, 0) is 19.1 Å². The molecule has 5 aliphatic carbocycles. The van der Waals surface area contributed by atoms with Crippen LogP contribution < -0.4 is 0 Å². The maximum absolute atomic E-state index is 14.7. The predicted octanol–water partition coefficient (Wildman–Crippen LogP) is 6.30. The SMILES string of the molecule is CC12C=CC(=O)C=C1CCC1C2C(O)CC2(C)C1C[C@H]1O[C@@H](C3CCCCC3)O[C@]12C(=O)CSc1nc2cccnc2s1. The first kappa shape index (κ1) is 28.6. The van der Waals surface area contributed by atoms with Gasteiger partial charge in [0.05, 0.1) is 18.0 Å². The summed E-state index contributed by atoms with van der Waals surface area (Å²) >= 11 is 2.99. The second kappa shape index (κ2) is 10.3. The summed E-state index contributed by atoms with van der Waals surface area (Å²) in [7, 11) is 0. The van der Waals surface area contributed by atoms with Crippen molar-refractivity contribution in [3.8, 4) is 0 Å². The van der Waals surface area contributed by atoms with Gasteiger partial charge in [-0.05, 0) is 74.6 Å². The minimum absolute atomic E-state index is 0.000307. The molecular formula is C34H40N2O5S2. The highest BCUT2D eigenvalue weighted by Gasteiger charge is 2.76. The molecule has 3 heterocycles. The van der Waals surface area contributed by atoms with Gasteiger partial charge in [-0.2, -0.15) is 0 Å². The molecule has 0 bridgehead atoms. The number of hydrogen-bond acceptors (Lipinski definition) is 9. The van der Waals surface area contributed by atoms with E-state index in [-0.39, 0.29) is 52.9 Å². The van der Waals surface area contributed by atoms with Crippen LogP contribution in [0.25, 0.3) is 10.3 Å². The molecule has 9 heteroatoms. The van der Waals surface area contributed by atoms with E-state index in [2.05, 4.69) is 18.8 Å². The molecule has 1 aliphatic heterocycles. The van der Waals surface area contributed by atoms with Crippen LogP contribution in [0.5, 0.6) is 0 Å². The van der Waals surface area contributed by atoms with Crippen LogP contribution in [0.2, 0.25) is 0 Å². The summed E-state index contributed by atoms with van der Waals surface area (Å²) in [6, 6.07) is 3.83. The number of ether oxygens (including phenoxy) is 2. The number of carbonyl (C=O) groups excluding carboxylic acids is 2. The minimum Gasteiger partial charge on any atom is -0.393 e. The van der Waals surface area contributed by atoms with E-state index in [9.17, 15) is 14.7 Å². The number of fused-ring (bicyclic) bond motifs is 8. The van der Waals surface area contributed by atoms with Crippen LogP contribution >= 0.6 is 23.1 Å². The highest BCUT2D eigenvalue weighted by atomic mass is 32.2. The number of aromatic nitrogens is 2. The molecule has 43 heavy (non-hydrogen) atoms.